The summed E-state index contributed by atoms with van der Waals surface area (Å²) in [5.74, 6) is 0.0736. The molecule has 7 heteroatoms. The van der Waals surface area contributed by atoms with E-state index in [4.69, 9.17) is 9.47 Å². The number of carbonyl (C=O) groups is 2. The van der Waals surface area contributed by atoms with Gasteiger partial charge in [-0.3, -0.25) is 9.59 Å². The Labute approximate surface area is 286 Å². The lowest BCUT2D eigenvalue weighted by molar-refractivity contribution is -0.161. The maximum atomic E-state index is 12.1. The van der Waals surface area contributed by atoms with Crippen LogP contribution in [-0.4, -0.2) is 58.8 Å². The Balaban J connectivity index is 3.91. The van der Waals surface area contributed by atoms with Gasteiger partial charge in [0.25, 0.3) is 0 Å². The SMILES string of the molecule is CC/C=C\C[C@H](O)/C=C/C=C\C=C\[C@H](O)C/C=C\C/C=C\CCC(=O)O[C@@H](CO)COC(=O)CCCCCCCCCCC(C)CC. The standard InChI is InChI=1S/C40H66O7/c1-4-6-19-27-36(42)29-22-17-18-23-30-37(43)28-21-14-11-12-16-25-32-40(45)47-38(33-41)34-46-39(44)31-24-15-10-8-7-9-13-20-26-35(3)5-2/h6,12,14,16-19,21-23,29-30,35-38,41-43H,4-5,7-11,13,15,20,24-28,31-34H2,1-3H3/b16-12-,18-17-,19-6-,21-14-,29-22+,30-23+/t35?,36-,37+,38-/m0/s1. The van der Waals surface area contributed by atoms with Crippen molar-refractivity contribution in [2.75, 3.05) is 13.2 Å². The molecule has 47 heavy (non-hydrogen) atoms. The first-order chi connectivity index (χ1) is 22.8. The van der Waals surface area contributed by atoms with Crippen LogP contribution in [0.15, 0.2) is 72.9 Å². The molecule has 0 aliphatic heterocycles. The molecule has 0 radical (unpaired) electrons. The van der Waals surface area contributed by atoms with E-state index in [9.17, 15) is 24.9 Å². The molecule has 268 valence electrons. The fourth-order valence-corrected chi connectivity index (χ4v) is 4.55. The summed E-state index contributed by atoms with van der Waals surface area (Å²) in [5.41, 5.74) is 0. The first-order valence-corrected chi connectivity index (χ1v) is 18.1. The molecule has 0 amide bonds. The monoisotopic (exact) mass is 658 g/mol. The van der Waals surface area contributed by atoms with Gasteiger partial charge in [-0.15, -0.1) is 0 Å². The first kappa shape index (κ1) is 44.3. The number of hydrogen-bond acceptors (Lipinski definition) is 7. The van der Waals surface area contributed by atoms with Gasteiger partial charge in [-0.25, -0.2) is 0 Å². The molecule has 0 saturated carbocycles. The third kappa shape index (κ3) is 31.6. The number of hydrogen-bond donors (Lipinski definition) is 3. The molecule has 0 spiro atoms. The van der Waals surface area contributed by atoms with E-state index in [1.54, 1.807) is 24.3 Å². The predicted octanol–water partition coefficient (Wildman–Crippen LogP) is 8.80. The second-order valence-corrected chi connectivity index (χ2v) is 12.2. The Morgan fingerprint density at radius 1 is 0.681 bits per heavy atom. The lowest BCUT2D eigenvalue weighted by Gasteiger charge is -2.15. The van der Waals surface area contributed by atoms with E-state index in [-0.39, 0.29) is 19.0 Å². The van der Waals surface area contributed by atoms with Gasteiger partial charge in [0, 0.05) is 12.8 Å². The van der Waals surface area contributed by atoms with Gasteiger partial charge in [0.05, 0.1) is 18.8 Å². The highest BCUT2D eigenvalue weighted by Crippen LogP contribution is 2.15. The average Bonchev–Trinajstić information content (AvgIpc) is 3.06. The van der Waals surface area contributed by atoms with Crippen molar-refractivity contribution >= 4 is 11.9 Å². The van der Waals surface area contributed by atoms with Crippen LogP contribution in [0.25, 0.3) is 0 Å². The Morgan fingerprint density at radius 2 is 1.26 bits per heavy atom. The number of aliphatic hydroxyl groups excluding tert-OH is 3. The number of carbonyl (C=O) groups excluding carboxylic acids is 2. The van der Waals surface area contributed by atoms with Gasteiger partial charge in [0.2, 0.25) is 0 Å². The van der Waals surface area contributed by atoms with E-state index < -0.39 is 30.9 Å². The van der Waals surface area contributed by atoms with Crippen molar-refractivity contribution < 1.29 is 34.4 Å². The van der Waals surface area contributed by atoms with Gasteiger partial charge in [-0.1, -0.05) is 151 Å². The van der Waals surface area contributed by atoms with Crippen molar-refractivity contribution in [3.63, 3.8) is 0 Å². The van der Waals surface area contributed by atoms with Crippen molar-refractivity contribution in [1.29, 1.82) is 0 Å². The summed E-state index contributed by atoms with van der Waals surface area (Å²) in [6.45, 7) is 6.10. The van der Waals surface area contributed by atoms with Gasteiger partial charge in [0.15, 0.2) is 6.10 Å². The molecule has 0 saturated heterocycles. The molecule has 0 bridgehead atoms. The van der Waals surface area contributed by atoms with Gasteiger partial charge in [-0.05, 0) is 44.4 Å². The number of aliphatic hydroxyl groups is 3. The van der Waals surface area contributed by atoms with Gasteiger partial charge >= 0.3 is 11.9 Å². The highest BCUT2D eigenvalue weighted by Gasteiger charge is 2.15. The lowest BCUT2D eigenvalue weighted by atomic mass is 9.99. The van der Waals surface area contributed by atoms with E-state index >= 15 is 0 Å². The quantitative estimate of drug-likeness (QED) is 0.0306. The van der Waals surface area contributed by atoms with Crippen LogP contribution < -0.4 is 0 Å². The third-order valence-corrected chi connectivity index (χ3v) is 7.73. The van der Waals surface area contributed by atoms with Crippen LogP contribution in [-0.2, 0) is 19.1 Å². The van der Waals surface area contributed by atoms with Gasteiger partial charge in [-0.2, -0.15) is 0 Å². The smallest absolute Gasteiger partial charge is 0.306 e. The molecule has 0 aromatic carbocycles. The van der Waals surface area contributed by atoms with Gasteiger partial charge < -0.3 is 24.8 Å². The fraction of sp³-hybridized carbons (Fsp3) is 0.650. The molecule has 0 fully saturated rings. The van der Waals surface area contributed by atoms with Crippen LogP contribution in [0.1, 0.15) is 130 Å². The minimum absolute atomic E-state index is 0.131. The molecule has 3 N–H and O–H groups in total. The molecule has 7 nitrogen and oxygen atoms in total. The van der Waals surface area contributed by atoms with Crippen LogP contribution in [0.5, 0.6) is 0 Å². The van der Waals surface area contributed by atoms with E-state index in [0.717, 1.165) is 31.6 Å². The highest BCUT2D eigenvalue weighted by atomic mass is 16.6. The first-order valence-electron chi connectivity index (χ1n) is 18.1. The van der Waals surface area contributed by atoms with Crippen molar-refractivity contribution in [3.05, 3.63) is 72.9 Å². The normalized spacial score (nSPS) is 15.1. The molecule has 0 aromatic heterocycles. The zero-order valence-electron chi connectivity index (χ0n) is 29.6. The minimum Gasteiger partial charge on any atom is -0.462 e. The van der Waals surface area contributed by atoms with Crippen LogP contribution in [0, 0.1) is 5.92 Å². The molecule has 1 unspecified atom stereocenters. The lowest BCUT2D eigenvalue weighted by Crippen LogP contribution is -2.28. The summed E-state index contributed by atoms with van der Waals surface area (Å²) >= 11 is 0. The van der Waals surface area contributed by atoms with Crippen LogP contribution in [0.3, 0.4) is 0 Å². The van der Waals surface area contributed by atoms with E-state index in [1.165, 1.54) is 44.9 Å². The Hall–Kier alpha value is -2.74. The summed E-state index contributed by atoms with van der Waals surface area (Å²) in [6.07, 6.45) is 36.0. The molecule has 0 heterocycles. The number of ether oxygens (including phenoxy) is 2. The largest absolute Gasteiger partial charge is 0.462 e. The molecule has 4 atom stereocenters. The molecular formula is C40H66O7. The fourth-order valence-electron chi connectivity index (χ4n) is 4.55. The van der Waals surface area contributed by atoms with Crippen molar-refractivity contribution in [2.24, 2.45) is 5.92 Å². The number of allylic oxidation sites excluding steroid dienone is 8. The van der Waals surface area contributed by atoms with Gasteiger partial charge in [0.1, 0.15) is 6.61 Å². The average molecular weight is 659 g/mol. The minimum atomic E-state index is -0.850. The van der Waals surface area contributed by atoms with Crippen LogP contribution in [0.2, 0.25) is 0 Å². The topological polar surface area (TPSA) is 113 Å². The summed E-state index contributed by atoms with van der Waals surface area (Å²) in [4.78, 5) is 24.1. The molecule has 0 aromatic rings. The maximum absolute atomic E-state index is 12.1. The summed E-state index contributed by atoms with van der Waals surface area (Å²) < 4.78 is 10.5. The van der Waals surface area contributed by atoms with E-state index in [2.05, 4.69) is 20.8 Å². The van der Waals surface area contributed by atoms with Crippen molar-refractivity contribution in [3.8, 4) is 0 Å². The molecule has 0 rings (SSSR count). The van der Waals surface area contributed by atoms with E-state index in [0.29, 0.717) is 32.1 Å². The van der Waals surface area contributed by atoms with Crippen molar-refractivity contribution in [2.45, 2.75) is 148 Å². The van der Waals surface area contributed by atoms with Crippen LogP contribution >= 0.6 is 0 Å². The number of esters is 2. The second kappa shape index (κ2) is 33.2. The summed E-state index contributed by atoms with van der Waals surface area (Å²) in [5, 5.41) is 29.3. The summed E-state index contributed by atoms with van der Waals surface area (Å²) in [6, 6.07) is 0. The zero-order chi connectivity index (χ0) is 34.8. The van der Waals surface area contributed by atoms with Crippen molar-refractivity contribution in [1.82, 2.24) is 0 Å². The zero-order valence-corrected chi connectivity index (χ0v) is 29.6. The number of rotatable bonds is 30. The maximum Gasteiger partial charge on any atom is 0.306 e. The second-order valence-electron chi connectivity index (χ2n) is 12.2. The predicted molar refractivity (Wildman–Crippen MR) is 194 cm³/mol. The molecule has 0 aliphatic carbocycles. The number of unbranched alkanes of at least 4 members (excludes halogenated alkanes) is 7. The Kier molecular flexibility index (Phi) is 31.2. The Morgan fingerprint density at radius 3 is 1.85 bits per heavy atom. The van der Waals surface area contributed by atoms with Crippen LogP contribution in [0.4, 0.5) is 0 Å². The highest BCUT2D eigenvalue weighted by molar-refractivity contribution is 5.70. The molecule has 0 aliphatic rings. The summed E-state index contributed by atoms with van der Waals surface area (Å²) in [7, 11) is 0. The van der Waals surface area contributed by atoms with E-state index in [1.807, 2.05) is 48.6 Å². The third-order valence-electron chi connectivity index (χ3n) is 7.73. The Bertz CT molecular complexity index is 931. The molecular weight excluding hydrogens is 592 g/mol.